The van der Waals surface area contributed by atoms with E-state index in [4.69, 9.17) is 0 Å². The Kier molecular flexibility index (Phi) is 2.05. The molecule has 0 N–H and O–H groups in total. The quantitative estimate of drug-likeness (QED) is 0.431. The zero-order chi connectivity index (χ0) is 5.11. The Hall–Kier alpha value is 0.360. The predicted octanol–water partition coefficient (Wildman–Crippen LogP) is 2.54. The Balaban J connectivity index is 2.12. The summed E-state index contributed by atoms with van der Waals surface area (Å²) in [6, 6.07) is 0. The minimum absolute atomic E-state index is 0.884. The third-order valence-electron chi connectivity index (χ3n) is 1.30. The van der Waals surface area contributed by atoms with Crippen molar-refractivity contribution in [3.05, 3.63) is 0 Å². The molecule has 0 unspecified atom stereocenters. The number of hydrogen-bond acceptors (Lipinski definition) is 0. The van der Waals surface area contributed by atoms with E-state index in [1.54, 1.807) is 0 Å². The van der Waals surface area contributed by atoms with Gasteiger partial charge in [0.15, 0.2) is 0 Å². The second-order valence-corrected chi connectivity index (χ2v) is 3.79. The molecule has 0 radical (unpaired) electrons. The molecule has 0 aromatic rings. The normalized spacial score (nSPS) is 25.3. The first-order valence-corrected chi connectivity index (χ1v) is 4.40. The molecule has 0 bridgehead atoms. The fourth-order valence-corrected chi connectivity index (χ4v) is 2.21. The van der Waals surface area contributed by atoms with Crippen LogP contribution in [0, 0.1) is 0 Å². The fraction of sp³-hybridized carbons (Fsp3) is 1.00. The van der Waals surface area contributed by atoms with Gasteiger partial charge in [-0.1, -0.05) is 6.42 Å². The molecule has 1 rings (SSSR count). The summed E-state index contributed by atoms with van der Waals surface area (Å²) < 4.78 is 12.2. The molecule has 0 aliphatic carbocycles. The second kappa shape index (κ2) is 2.61. The van der Waals surface area contributed by atoms with E-state index in [1.807, 2.05) is 0 Å². The summed E-state index contributed by atoms with van der Waals surface area (Å²) in [5, 5.41) is 0. The molecule has 0 aromatic carbocycles. The number of halogens is 1. The summed E-state index contributed by atoms with van der Waals surface area (Å²) in [7, 11) is -0.992. The van der Waals surface area contributed by atoms with Crippen molar-refractivity contribution in [2.24, 2.45) is 0 Å². The molecule has 1 saturated heterocycles. The van der Waals surface area contributed by atoms with Gasteiger partial charge in [-0.15, -0.1) is 0 Å². The molecular formula is C5H10FP. The van der Waals surface area contributed by atoms with Gasteiger partial charge in [0.2, 0.25) is 0 Å². The minimum Gasteiger partial charge on any atom is -0.227 e. The molecule has 1 aliphatic rings. The highest BCUT2D eigenvalue weighted by atomic mass is 31.2. The van der Waals surface area contributed by atoms with E-state index in [9.17, 15) is 4.20 Å². The van der Waals surface area contributed by atoms with Gasteiger partial charge in [-0.25, -0.2) is 4.20 Å². The number of hydrogen-bond donors (Lipinski definition) is 0. The van der Waals surface area contributed by atoms with Crippen molar-refractivity contribution in [1.82, 2.24) is 0 Å². The van der Waals surface area contributed by atoms with Crippen molar-refractivity contribution in [2.45, 2.75) is 19.3 Å². The predicted molar refractivity (Wildman–Crippen MR) is 31.6 cm³/mol. The molecule has 0 amide bonds. The minimum atomic E-state index is -0.992. The highest BCUT2D eigenvalue weighted by molar-refractivity contribution is 7.52. The van der Waals surface area contributed by atoms with Gasteiger partial charge in [-0.05, 0) is 25.2 Å². The summed E-state index contributed by atoms with van der Waals surface area (Å²) in [6.45, 7) is 0. The van der Waals surface area contributed by atoms with Crippen LogP contribution in [0.1, 0.15) is 19.3 Å². The summed E-state index contributed by atoms with van der Waals surface area (Å²) in [5.41, 5.74) is 0. The first-order chi connectivity index (χ1) is 3.39. The summed E-state index contributed by atoms with van der Waals surface area (Å²) in [6.07, 6.45) is 5.32. The van der Waals surface area contributed by atoms with Gasteiger partial charge < -0.3 is 0 Å². The highest BCUT2D eigenvalue weighted by Crippen LogP contribution is 2.42. The lowest BCUT2D eigenvalue weighted by atomic mass is 10.3. The Labute approximate surface area is 45.0 Å². The number of rotatable bonds is 0. The van der Waals surface area contributed by atoms with Crippen LogP contribution >= 0.6 is 8.23 Å². The van der Waals surface area contributed by atoms with Crippen molar-refractivity contribution < 1.29 is 4.20 Å². The molecule has 42 valence electrons. The van der Waals surface area contributed by atoms with Gasteiger partial charge in [0.25, 0.3) is 0 Å². The largest absolute Gasteiger partial charge is 0.227 e. The zero-order valence-corrected chi connectivity index (χ0v) is 5.26. The second-order valence-electron chi connectivity index (χ2n) is 1.97. The highest BCUT2D eigenvalue weighted by Gasteiger charge is 2.10. The third-order valence-corrected chi connectivity index (χ3v) is 2.90. The van der Waals surface area contributed by atoms with Crippen LogP contribution in [0.5, 0.6) is 0 Å². The average molecular weight is 120 g/mol. The van der Waals surface area contributed by atoms with Gasteiger partial charge in [0.05, 0.1) is 8.23 Å². The molecule has 1 fully saturated rings. The Morgan fingerprint density at radius 2 is 1.57 bits per heavy atom. The van der Waals surface area contributed by atoms with Gasteiger partial charge in [0, 0.05) is 0 Å². The van der Waals surface area contributed by atoms with Crippen molar-refractivity contribution in [3.63, 3.8) is 0 Å². The summed E-state index contributed by atoms with van der Waals surface area (Å²) >= 11 is 0. The van der Waals surface area contributed by atoms with Crippen LogP contribution in [-0.2, 0) is 0 Å². The van der Waals surface area contributed by atoms with Gasteiger partial charge >= 0.3 is 0 Å². The third kappa shape index (κ3) is 1.73. The van der Waals surface area contributed by atoms with Crippen LogP contribution in [0.15, 0.2) is 0 Å². The van der Waals surface area contributed by atoms with Crippen LogP contribution in [-0.4, -0.2) is 12.3 Å². The molecule has 0 aromatic heterocycles. The van der Waals surface area contributed by atoms with Gasteiger partial charge in [0.1, 0.15) is 0 Å². The van der Waals surface area contributed by atoms with Crippen LogP contribution in [0.4, 0.5) is 4.20 Å². The molecule has 2 heteroatoms. The van der Waals surface area contributed by atoms with Crippen molar-refractivity contribution in [3.8, 4) is 0 Å². The molecular weight excluding hydrogens is 110 g/mol. The average Bonchev–Trinajstić information content (AvgIpc) is 1.69. The Morgan fingerprint density at radius 3 is 1.86 bits per heavy atom. The van der Waals surface area contributed by atoms with Crippen molar-refractivity contribution >= 4 is 8.23 Å². The first kappa shape index (κ1) is 5.50. The van der Waals surface area contributed by atoms with E-state index in [2.05, 4.69) is 0 Å². The van der Waals surface area contributed by atoms with Crippen LogP contribution in [0.25, 0.3) is 0 Å². The molecule has 0 spiro atoms. The molecule has 1 heterocycles. The maximum absolute atomic E-state index is 12.2. The lowest BCUT2D eigenvalue weighted by Gasteiger charge is -2.11. The van der Waals surface area contributed by atoms with E-state index in [1.165, 1.54) is 6.42 Å². The van der Waals surface area contributed by atoms with Crippen LogP contribution in [0.2, 0.25) is 0 Å². The Bertz CT molecular complexity index is 50.0. The van der Waals surface area contributed by atoms with E-state index in [0.29, 0.717) is 0 Å². The molecule has 7 heavy (non-hydrogen) atoms. The van der Waals surface area contributed by atoms with E-state index >= 15 is 0 Å². The smallest absolute Gasteiger partial charge is 0.0813 e. The van der Waals surface area contributed by atoms with Gasteiger partial charge in [-0.2, -0.15) is 0 Å². The monoisotopic (exact) mass is 120 g/mol. The van der Waals surface area contributed by atoms with E-state index in [0.717, 1.165) is 25.2 Å². The SMILES string of the molecule is FP1CCCCC1. The molecule has 0 saturated carbocycles. The topological polar surface area (TPSA) is 0 Å². The maximum Gasteiger partial charge on any atom is 0.0813 e. The van der Waals surface area contributed by atoms with E-state index < -0.39 is 8.23 Å². The Morgan fingerprint density at radius 1 is 1.00 bits per heavy atom. The summed E-state index contributed by atoms with van der Waals surface area (Å²) in [5.74, 6) is 0. The van der Waals surface area contributed by atoms with Crippen LogP contribution in [0.3, 0.4) is 0 Å². The fourth-order valence-electron chi connectivity index (χ4n) is 0.855. The lowest BCUT2D eigenvalue weighted by Crippen LogP contribution is -1.94. The molecule has 1 aliphatic heterocycles. The first-order valence-electron chi connectivity index (χ1n) is 2.80. The summed E-state index contributed by atoms with van der Waals surface area (Å²) in [4.78, 5) is 0. The van der Waals surface area contributed by atoms with Crippen molar-refractivity contribution in [1.29, 1.82) is 0 Å². The molecule has 0 atom stereocenters. The molecule has 0 nitrogen and oxygen atoms in total. The van der Waals surface area contributed by atoms with Gasteiger partial charge in [-0.3, -0.25) is 0 Å². The lowest BCUT2D eigenvalue weighted by molar-refractivity contribution is 0.716. The maximum atomic E-state index is 12.2. The van der Waals surface area contributed by atoms with Crippen LogP contribution < -0.4 is 0 Å². The van der Waals surface area contributed by atoms with E-state index in [-0.39, 0.29) is 0 Å². The zero-order valence-electron chi connectivity index (χ0n) is 4.36. The van der Waals surface area contributed by atoms with Crippen molar-refractivity contribution in [2.75, 3.05) is 12.3 Å². The standard InChI is InChI=1S/C5H10FP/c6-7-4-2-1-3-5-7/h1-5H2.